The molecule has 94 valence electrons. The largest absolute Gasteiger partial charge is 0.395 e. The lowest BCUT2D eigenvalue weighted by Gasteiger charge is -2.25. The van der Waals surface area contributed by atoms with Gasteiger partial charge in [-0.2, -0.15) is 0 Å². The molecule has 1 unspecified atom stereocenters. The van der Waals surface area contributed by atoms with Crippen LogP contribution in [0, 0.1) is 0 Å². The lowest BCUT2D eigenvalue weighted by molar-refractivity contribution is 0.262. The van der Waals surface area contributed by atoms with E-state index >= 15 is 0 Å². The molecule has 0 heterocycles. The molecule has 0 aliphatic heterocycles. The van der Waals surface area contributed by atoms with E-state index in [-0.39, 0.29) is 12.6 Å². The van der Waals surface area contributed by atoms with Crippen LogP contribution in [0.4, 0.5) is 0 Å². The number of rotatable bonds is 5. The molecule has 0 bridgehead atoms. The molecule has 1 atom stereocenters. The Morgan fingerprint density at radius 2 is 2.06 bits per heavy atom. The first kappa shape index (κ1) is 13.9. The summed E-state index contributed by atoms with van der Waals surface area (Å²) in [6.45, 7) is 2.79. The maximum absolute atomic E-state index is 8.86. The normalized spacial score (nSPS) is 11.9. The summed E-state index contributed by atoms with van der Waals surface area (Å²) < 4.78 is 0. The van der Waals surface area contributed by atoms with Crippen LogP contribution in [0.1, 0.15) is 24.9 Å². The van der Waals surface area contributed by atoms with Crippen molar-refractivity contribution in [3.8, 4) is 0 Å². The zero-order valence-corrected chi connectivity index (χ0v) is 11.2. The van der Waals surface area contributed by atoms with E-state index in [4.69, 9.17) is 17.3 Å². The monoisotopic (exact) mass is 252 g/mol. The van der Waals surface area contributed by atoms with Crippen molar-refractivity contribution in [1.82, 2.24) is 10.2 Å². The van der Waals surface area contributed by atoms with E-state index in [2.05, 4.69) is 24.4 Å². The number of nitrogens with zero attached hydrogens (tertiary/aromatic N) is 1. The van der Waals surface area contributed by atoms with Crippen LogP contribution in [0.15, 0.2) is 30.3 Å². The molecule has 2 N–H and O–H groups in total. The number of likely N-dealkylation sites (N-methyl/N-ethyl adjacent to an activating group) is 1. The summed E-state index contributed by atoms with van der Waals surface area (Å²) >= 11 is 5.29. The van der Waals surface area contributed by atoms with Crippen LogP contribution in [-0.2, 0) is 0 Å². The van der Waals surface area contributed by atoms with Gasteiger partial charge in [0.05, 0.1) is 12.6 Å². The molecule has 0 amide bonds. The van der Waals surface area contributed by atoms with Gasteiger partial charge in [0.25, 0.3) is 0 Å². The highest BCUT2D eigenvalue weighted by Crippen LogP contribution is 2.16. The van der Waals surface area contributed by atoms with Crippen molar-refractivity contribution in [3.05, 3.63) is 35.9 Å². The molecule has 1 aromatic carbocycles. The average Bonchev–Trinajstić information content (AvgIpc) is 2.37. The van der Waals surface area contributed by atoms with Gasteiger partial charge in [0.15, 0.2) is 5.11 Å². The van der Waals surface area contributed by atoms with Crippen LogP contribution in [0.5, 0.6) is 0 Å². The van der Waals surface area contributed by atoms with E-state index in [1.54, 1.807) is 0 Å². The molecule has 3 nitrogen and oxygen atoms in total. The molecule has 0 radical (unpaired) electrons. The minimum Gasteiger partial charge on any atom is -0.395 e. The molecule has 1 rings (SSSR count). The third kappa shape index (κ3) is 4.32. The van der Waals surface area contributed by atoms with Crippen LogP contribution in [0.3, 0.4) is 0 Å². The zero-order valence-electron chi connectivity index (χ0n) is 10.4. The first-order chi connectivity index (χ1) is 8.19. The fraction of sp³-hybridized carbons (Fsp3) is 0.462. The van der Waals surface area contributed by atoms with Crippen LogP contribution in [0.25, 0.3) is 0 Å². The summed E-state index contributed by atoms with van der Waals surface area (Å²) in [7, 11) is 1.88. The molecule has 4 heteroatoms. The van der Waals surface area contributed by atoms with E-state index in [9.17, 15) is 0 Å². The quantitative estimate of drug-likeness (QED) is 0.785. The van der Waals surface area contributed by atoms with Gasteiger partial charge in [0, 0.05) is 13.6 Å². The van der Waals surface area contributed by atoms with Gasteiger partial charge in [0.2, 0.25) is 0 Å². The maximum Gasteiger partial charge on any atom is 0.169 e. The van der Waals surface area contributed by atoms with Crippen LogP contribution in [-0.4, -0.2) is 35.3 Å². The fourth-order valence-corrected chi connectivity index (χ4v) is 1.85. The van der Waals surface area contributed by atoms with Gasteiger partial charge in [-0.05, 0) is 24.2 Å². The molecule has 0 spiro atoms. The minimum absolute atomic E-state index is 0.112. The van der Waals surface area contributed by atoms with Crippen molar-refractivity contribution in [2.24, 2.45) is 0 Å². The van der Waals surface area contributed by atoms with E-state index in [1.165, 1.54) is 5.56 Å². The third-order valence-electron chi connectivity index (χ3n) is 2.69. The Bertz CT molecular complexity index is 343. The molecule has 0 aromatic heterocycles. The van der Waals surface area contributed by atoms with Gasteiger partial charge in [-0.15, -0.1) is 0 Å². The number of hydrogen-bond acceptors (Lipinski definition) is 2. The van der Waals surface area contributed by atoms with Crippen molar-refractivity contribution >= 4 is 17.3 Å². The number of thiocarbonyl (C=S) groups is 1. The molecule has 0 aliphatic rings. The molecular weight excluding hydrogens is 232 g/mol. The van der Waals surface area contributed by atoms with E-state index in [0.717, 1.165) is 6.42 Å². The minimum atomic E-state index is 0.112. The molecule has 0 fully saturated rings. The number of benzene rings is 1. The van der Waals surface area contributed by atoms with E-state index < -0.39 is 0 Å². The second kappa shape index (κ2) is 7.25. The molecular formula is C13H20N2OS. The Balaban J connectivity index is 2.62. The second-order valence-electron chi connectivity index (χ2n) is 3.97. The highest BCUT2D eigenvalue weighted by Gasteiger charge is 2.11. The number of hydrogen-bond donors (Lipinski definition) is 2. The Hall–Kier alpha value is -1.13. The maximum atomic E-state index is 8.86. The van der Waals surface area contributed by atoms with Gasteiger partial charge >= 0.3 is 0 Å². The van der Waals surface area contributed by atoms with Crippen molar-refractivity contribution in [3.63, 3.8) is 0 Å². The van der Waals surface area contributed by atoms with E-state index in [1.807, 2.05) is 30.1 Å². The predicted molar refractivity (Wildman–Crippen MR) is 74.9 cm³/mol. The number of aliphatic hydroxyl groups excluding tert-OH is 1. The Labute approximate surface area is 108 Å². The lowest BCUT2D eigenvalue weighted by Crippen LogP contribution is -2.40. The van der Waals surface area contributed by atoms with Gasteiger partial charge in [-0.3, -0.25) is 0 Å². The van der Waals surface area contributed by atoms with Gasteiger partial charge in [-0.25, -0.2) is 0 Å². The Morgan fingerprint density at radius 1 is 1.41 bits per heavy atom. The topological polar surface area (TPSA) is 35.5 Å². The number of nitrogens with one attached hydrogen (secondary N) is 1. The summed E-state index contributed by atoms with van der Waals surface area (Å²) in [5.41, 5.74) is 1.23. The van der Waals surface area contributed by atoms with Crippen LogP contribution >= 0.6 is 12.2 Å². The van der Waals surface area contributed by atoms with Gasteiger partial charge < -0.3 is 15.3 Å². The summed E-state index contributed by atoms with van der Waals surface area (Å²) in [5, 5.41) is 12.9. The number of aliphatic hydroxyl groups is 1. The summed E-state index contributed by atoms with van der Waals surface area (Å²) in [4.78, 5) is 1.85. The van der Waals surface area contributed by atoms with Crippen LogP contribution < -0.4 is 5.32 Å². The predicted octanol–water partition coefficient (Wildman–Crippen LogP) is 1.94. The fourth-order valence-electron chi connectivity index (χ4n) is 1.62. The second-order valence-corrected chi connectivity index (χ2v) is 4.35. The van der Waals surface area contributed by atoms with E-state index in [0.29, 0.717) is 11.7 Å². The van der Waals surface area contributed by atoms with Crippen molar-refractivity contribution in [2.75, 3.05) is 20.2 Å². The highest BCUT2D eigenvalue weighted by atomic mass is 32.1. The van der Waals surface area contributed by atoms with Crippen molar-refractivity contribution < 1.29 is 5.11 Å². The first-order valence-electron chi connectivity index (χ1n) is 5.86. The molecule has 0 aliphatic carbocycles. The van der Waals surface area contributed by atoms with Gasteiger partial charge in [0.1, 0.15) is 0 Å². The smallest absolute Gasteiger partial charge is 0.169 e. The SMILES string of the molecule is CCC(NC(=S)N(C)CCO)c1ccccc1. The van der Waals surface area contributed by atoms with Crippen molar-refractivity contribution in [1.29, 1.82) is 0 Å². The molecule has 1 aromatic rings. The zero-order chi connectivity index (χ0) is 12.7. The van der Waals surface area contributed by atoms with Crippen molar-refractivity contribution in [2.45, 2.75) is 19.4 Å². The summed E-state index contributed by atoms with van der Waals surface area (Å²) in [6.07, 6.45) is 0.969. The standard InChI is InChI=1S/C13H20N2OS/c1-3-12(11-7-5-4-6-8-11)14-13(17)15(2)9-10-16/h4-8,12,16H,3,9-10H2,1-2H3,(H,14,17). The lowest BCUT2D eigenvalue weighted by atomic mass is 10.1. The average molecular weight is 252 g/mol. The highest BCUT2D eigenvalue weighted by molar-refractivity contribution is 7.80. The Morgan fingerprint density at radius 3 is 2.59 bits per heavy atom. The summed E-state index contributed by atoms with van der Waals surface area (Å²) in [6, 6.07) is 10.5. The molecule has 17 heavy (non-hydrogen) atoms. The third-order valence-corrected chi connectivity index (χ3v) is 3.12. The van der Waals surface area contributed by atoms with Gasteiger partial charge in [-0.1, -0.05) is 37.3 Å². The van der Waals surface area contributed by atoms with Crippen LogP contribution in [0.2, 0.25) is 0 Å². The Kier molecular flexibility index (Phi) is 5.94. The first-order valence-corrected chi connectivity index (χ1v) is 6.27. The molecule has 0 saturated carbocycles. The summed E-state index contributed by atoms with van der Waals surface area (Å²) in [5.74, 6) is 0. The molecule has 0 saturated heterocycles.